The lowest BCUT2D eigenvalue weighted by molar-refractivity contribution is 0.0952. The van der Waals surface area contributed by atoms with Crippen LogP contribution in [0.3, 0.4) is 0 Å². The molecule has 0 aliphatic rings. The Morgan fingerprint density at radius 1 is 1.11 bits per heavy atom. The van der Waals surface area contributed by atoms with Crippen LogP contribution in [0.5, 0.6) is 0 Å². The lowest BCUT2D eigenvalue weighted by Gasteiger charge is -2.06. The van der Waals surface area contributed by atoms with Gasteiger partial charge in [0, 0.05) is 19.2 Å². The molecular formula is C20H18N4O2S. The maximum atomic E-state index is 12.4. The van der Waals surface area contributed by atoms with Crippen molar-refractivity contribution in [3.8, 4) is 10.7 Å². The molecule has 2 aromatic heterocycles. The van der Waals surface area contributed by atoms with Crippen molar-refractivity contribution in [2.24, 2.45) is 7.05 Å². The van der Waals surface area contributed by atoms with Crippen molar-refractivity contribution in [2.75, 3.05) is 6.54 Å². The topological polar surface area (TPSA) is 68.9 Å². The van der Waals surface area contributed by atoms with Crippen LogP contribution in [0.1, 0.15) is 10.4 Å². The van der Waals surface area contributed by atoms with E-state index >= 15 is 0 Å². The van der Waals surface area contributed by atoms with Gasteiger partial charge < -0.3 is 5.32 Å². The van der Waals surface area contributed by atoms with Gasteiger partial charge in [-0.2, -0.15) is 0 Å². The van der Waals surface area contributed by atoms with Crippen LogP contribution < -0.4 is 11.0 Å². The van der Waals surface area contributed by atoms with Crippen LogP contribution in [0.4, 0.5) is 0 Å². The molecule has 1 amide bonds. The molecule has 0 aliphatic heterocycles. The van der Waals surface area contributed by atoms with Gasteiger partial charge in [-0.3, -0.25) is 9.36 Å². The predicted octanol–water partition coefficient (Wildman–Crippen LogP) is 2.89. The molecule has 1 N–H and O–H groups in total. The van der Waals surface area contributed by atoms with Gasteiger partial charge in [-0.1, -0.05) is 36.4 Å². The normalized spacial score (nSPS) is 11.0. The molecule has 4 aromatic rings. The number of hydrogen-bond acceptors (Lipinski definition) is 4. The van der Waals surface area contributed by atoms with Gasteiger partial charge in [-0.05, 0) is 34.4 Å². The van der Waals surface area contributed by atoms with Gasteiger partial charge >= 0.3 is 5.69 Å². The highest BCUT2D eigenvalue weighted by molar-refractivity contribution is 7.13. The maximum Gasteiger partial charge on any atom is 0.346 e. The Labute approximate surface area is 159 Å². The molecule has 0 saturated carbocycles. The molecule has 0 saturated heterocycles. The lowest BCUT2D eigenvalue weighted by Crippen LogP contribution is -2.31. The summed E-state index contributed by atoms with van der Waals surface area (Å²) in [5.74, 6) is 0.471. The van der Waals surface area contributed by atoms with Gasteiger partial charge in [-0.25, -0.2) is 9.48 Å². The number of thiophene rings is 1. The lowest BCUT2D eigenvalue weighted by atomic mass is 10.1. The molecule has 0 aliphatic carbocycles. The van der Waals surface area contributed by atoms with E-state index in [1.165, 1.54) is 20.6 Å². The van der Waals surface area contributed by atoms with Crippen LogP contribution in [-0.2, 0) is 13.6 Å². The molecule has 136 valence electrons. The molecule has 0 fully saturated rings. The summed E-state index contributed by atoms with van der Waals surface area (Å²) in [4.78, 5) is 25.7. The average Bonchev–Trinajstić information content (AvgIpc) is 3.31. The Morgan fingerprint density at radius 3 is 2.70 bits per heavy atom. The summed E-state index contributed by atoms with van der Waals surface area (Å²) in [5, 5.41) is 11.3. The number of nitrogens with one attached hydrogen (secondary N) is 1. The minimum atomic E-state index is -0.196. The number of benzene rings is 2. The molecule has 27 heavy (non-hydrogen) atoms. The van der Waals surface area contributed by atoms with Crippen LogP contribution >= 0.6 is 11.3 Å². The highest BCUT2D eigenvalue weighted by Gasteiger charge is 2.13. The summed E-state index contributed by atoms with van der Waals surface area (Å²) in [6.45, 7) is 0.643. The Bertz CT molecular complexity index is 1160. The average molecular weight is 378 g/mol. The van der Waals surface area contributed by atoms with Crippen molar-refractivity contribution in [3.63, 3.8) is 0 Å². The van der Waals surface area contributed by atoms with E-state index in [-0.39, 0.29) is 11.6 Å². The number of fused-ring (bicyclic) bond motifs is 1. The Hall–Kier alpha value is -3.19. The molecule has 4 rings (SSSR count). The van der Waals surface area contributed by atoms with Crippen LogP contribution in [-0.4, -0.2) is 26.8 Å². The number of carbonyl (C=O) groups excluding carboxylic acids is 1. The standard InChI is InChI=1S/C20H18N4O2S/c1-23-18(17-7-4-12-27-17)22-24(20(23)26)11-10-21-19(25)16-9-8-14-5-2-3-6-15(14)13-16/h2-9,12-13H,10-11H2,1H3,(H,21,25). The number of rotatable bonds is 5. The molecule has 7 heteroatoms. The van der Waals surface area contributed by atoms with Crippen molar-refractivity contribution in [2.45, 2.75) is 6.54 Å². The van der Waals surface area contributed by atoms with Crippen LogP contribution in [0.25, 0.3) is 21.5 Å². The fraction of sp³-hybridized carbons (Fsp3) is 0.150. The molecule has 2 heterocycles. The minimum Gasteiger partial charge on any atom is -0.350 e. The van der Waals surface area contributed by atoms with Crippen LogP contribution in [0, 0.1) is 0 Å². The minimum absolute atomic E-state index is 0.164. The van der Waals surface area contributed by atoms with Crippen molar-refractivity contribution in [1.82, 2.24) is 19.7 Å². The number of amides is 1. The molecular weight excluding hydrogens is 360 g/mol. The monoisotopic (exact) mass is 378 g/mol. The SMILES string of the molecule is Cn1c(-c2cccs2)nn(CCNC(=O)c2ccc3ccccc3c2)c1=O. The van der Waals surface area contributed by atoms with Gasteiger partial charge in [0.2, 0.25) is 0 Å². The van der Waals surface area contributed by atoms with Crippen molar-refractivity contribution >= 4 is 28.0 Å². The molecule has 2 aromatic carbocycles. The summed E-state index contributed by atoms with van der Waals surface area (Å²) in [6, 6.07) is 17.4. The van der Waals surface area contributed by atoms with Crippen molar-refractivity contribution in [1.29, 1.82) is 0 Å². The first-order valence-electron chi connectivity index (χ1n) is 8.58. The Balaban J connectivity index is 1.44. The molecule has 0 atom stereocenters. The zero-order valence-electron chi connectivity index (χ0n) is 14.8. The quantitative estimate of drug-likeness (QED) is 0.581. The van der Waals surface area contributed by atoms with E-state index in [1.807, 2.05) is 53.9 Å². The number of hydrogen-bond donors (Lipinski definition) is 1. The van der Waals surface area contributed by atoms with E-state index < -0.39 is 0 Å². The second kappa shape index (κ2) is 7.20. The number of carbonyl (C=O) groups is 1. The van der Waals surface area contributed by atoms with Crippen LogP contribution in [0.2, 0.25) is 0 Å². The Morgan fingerprint density at radius 2 is 1.93 bits per heavy atom. The van der Waals surface area contributed by atoms with Gasteiger partial charge in [0.1, 0.15) is 0 Å². The number of nitrogens with zero attached hydrogens (tertiary/aromatic N) is 3. The summed E-state index contributed by atoms with van der Waals surface area (Å²) in [5.41, 5.74) is 0.402. The predicted molar refractivity (Wildman–Crippen MR) is 107 cm³/mol. The molecule has 0 radical (unpaired) electrons. The fourth-order valence-electron chi connectivity index (χ4n) is 2.96. The van der Waals surface area contributed by atoms with Gasteiger partial charge in [-0.15, -0.1) is 16.4 Å². The van der Waals surface area contributed by atoms with Crippen molar-refractivity contribution < 1.29 is 4.79 Å². The number of aromatic nitrogens is 3. The third-order valence-electron chi connectivity index (χ3n) is 4.40. The zero-order valence-corrected chi connectivity index (χ0v) is 15.6. The van der Waals surface area contributed by atoms with Gasteiger partial charge in [0.05, 0.1) is 11.4 Å². The smallest absolute Gasteiger partial charge is 0.346 e. The summed E-state index contributed by atoms with van der Waals surface area (Å²) < 4.78 is 2.91. The van der Waals surface area contributed by atoms with Gasteiger partial charge in [0.25, 0.3) is 5.91 Å². The first kappa shape index (κ1) is 17.2. The molecule has 6 nitrogen and oxygen atoms in total. The highest BCUT2D eigenvalue weighted by Crippen LogP contribution is 2.20. The van der Waals surface area contributed by atoms with E-state index in [0.717, 1.165) is 15.6 Å². The highest BCUT2D eigenvalue weighted by atomic mass is 32.1. The first-order valence-corrected chi connectivity index (χ1v) is 9.46. The Kier molecular flexibility index (Phi) is 4.60. The third-order valence-corrected chi connectivity index (χ3v) is 5.27. The van der Waals surface area contributed by atoms with Crippen molar-refractivity contribution in [3.05, 3.63) is 76.0 Å². The van der Waals surface area contributed by atoms with E-state index in [4.69, 9.17) is 0 Å². The fourth-order valence-corrected chi connectivity index (χ4v) is 3.71. The molecule has 0 unspecified atom stereocenters. The first-order chi connectivity index (χ1) is 13.1. The largest absolute Gasteiger partial charge is 0.350 e. The molecule has 0 spiro atoms. The summed E-state index contributed by atoms with van der Waals surface area (Å²) in [7, 11) is 1.70. The second-order valence-electron chi connectivity index (χ2n) is 6.18. The van der Waals surface area contributed by atoms with Crippen LogP contribution in [0.15, 0.2) is 64.8 Å². The van der Waals surface area contributed by atoms with E-state index in [1.54, 1.807) is 13.1 Å². The van der Waals surface area contributed by atoms with Gasteiger partial charge in [0.15, 0.2) is 5.82 Å². The third kappa shape index (κ3) is 3.41. The summed E-state index contributed by atoms with van der Waals surface area (Å²) in [6.07, 6.45) is 0. The van der Waals surface area contributed by atoms with E-state index in [2.05, 4.69) is 10.4 Å². The summed E-state index contributed by atoms with van der Waals surface area (Å²) >= 11 is 1.53. The maximum absolute atomic E-state index is 12.4. The second-order valence-corrected chi connectivity index (χ2v) is 7.13. The van der Waals surface area contributed by atoms with E-state index in [0.29, 0.717) is 24.5 Å². The molecule has 0 bridgehead atoms. The zero-order chi connectivity index (χ0) is 18.8. The van der Waals surface area contributed by atoms with E-state index in [9.17, 15) is 9.59 Å².